The van der Waals surface area contributed by atoms with Crippen LogP contribution in [0.25, 0.3) is 0 Å². The third-order valence-electron chi connectivity index (χ3n) is 8.82. The van der Waals surface area contributed by atoms with Crippen molar-refractivity contribution in [2.24, 2.45) is 11.1 Å². The summed E-state index contributed by atoms with van der Waals surface area (Å²) in [6, 6.07) is 13.4. The first-order chi connectivity index (χ1) is 21.1. The van der Waals surface area contributed by atoms with Gasteiger partial charge in [-0.1, -0.05) is 32.0 Å². The van der Waals surface area contributed by atoms with Gasteiger partial charge >= 0.3 is 0 Å². The average molecular weight is 611 g/mol. The fourth-order valence-corrected chi connectivity index (χ4v) is 6.40. The highest BCUT2D eigenvalue weighted by atomic mass is 16.5. The number of carbonyl (C=O) groups is 2. The van der Waals surface area contributed by atoms with Crippen molar-refractivity contribution in [3.05, 3.63) is 53.6 Å². The molecule has 4 rings (SSSR count). The molecule has 3 N–H and O–H groups in total. The van der Waals surface area contributed by atoms with E-state index in [1.54, 1.807) is 28.2 Å². The third-order valence-corrected chi connectivity index (χ3v) is 8.82. The van der Waals surface area contributed by atoms with Crippen LogP contribution < -0.4 is 25.4 Å². The fraction of sp³-hybridized carbons (Fsp3) is 0.588. The van der Waals surface area contributed by atoms with Crippen molar-refractivity contribution in [2.75, 3.05) is 59.0 Å². The lowest BCUT2D eigenvalue weighted by Gasteiger charge is -2.46. The van der Waals surface area contributed by atoms with Gasteiger partial charge in [0.1, 0.15) is 18.1 Å². The van der Waals surface area contributed by atoms with E-state index in [1.165, 1.54) is 0 Å². The maximum Gasteiger partial charge on any atom is 0.239 e. The van der Waals surface area contributed by atoms with Crippen LogP contribution in [0.5, 0.6) is 11.5 Å². The molecule has 0 saturated carbocycles. The van der Waals surface area contributed by atoms with Gasteiger partial charge in [0.2, 0.25) is 11.8 Å². The molecular formula is C34H50N4O6. The number of hydrogen-bond donors (Lipinski definition) is 2. The quantitative estimate of drug-likeness (QED) is 0.330. The van der Waals surface area contributed by atoms with E-state index in [0.29, 0.717) is 39.2 Å². The number of likely N-dealkylation sites (tertiary alicyclic amines) is 1. The van der Waals surface area contributed by atoms with Gasteiger partial charge in [0.05, 0.1) is 38.1 Å². The minimum Gasteiger partial charge on any atom is -0.497 e. The summed E-state index contributed by atoms with van der Waals surface area (Å²) in [5.41, 5.74) is 8.67. The van der Waals surface area contributed by atoms with E-state index in [-0.39, 0.29) is 29.9 Å². The Hall–Kier alpha value is -3.34. The van der Waals surface area contributed by atoms with Crippen LogP contribution in [0.4, 0.5) is 5.69 Å². The molecule has 0 aliphatic carbocycles. The summed E-state index contributed by atoms with van der Waals surface area (Å²) in [7, 11) is 5.02. The van der Waals surface area contributed by atoms with Crippen LogP contribution in [-0.2, 0) is 25.7 Å². The van der Waals surface area contributed by atoms with Gasteiger partial charge in [-0.3, -0.25) is 9.59 Å². The minimum atomic E-state index is -0.672. The summed E-state index contributed by atoms with van der Waals surface area (Å²) in [5, 5.41) is 2.78. The summed E-state index contributed by atoms with van der Waals surface area (Å²) in [6.07, 6.45) is 1.80. The first kappa shape index (κ1) is 33.6. The number of nitrogens with zero attached hydrogens (tertiary/aromatic N) is 2. The second-order valence-corrected chi connectivity index (χ2v) is 12.5. The van der Waals surface area contributed by atoms with Gasteiger partial charge in [-0.05, 0) is 61.6 Å². The number of carbonyl (C=O) groups excluding carboxylic acids is 2. The molecule has 2 aliphatic heterocycles. The highest BCUT2D eigenvalue weighted by Gasteiger charge is 2.43. The smallest absolute Gasteiger partial charge is 0.239 e. The second-order valence-electron chi connectivity index (χ2n) is 12.5. The highest BCUT2D eigenvalue weighted by molar-refractivity contribution is 5.83. The van der Waals surface area contributed by atoms with Gasteiger partial charge in [0.25, 0.3) is 0 Å². The molecule has 10 nitrogen and oxygen atoms in total. The van der Waals surface area contributed by atoms with Crippen molar-refractivity contribution in [1.29, 1.82) is 0 Å². The summed E-state index contributed by atoms with van der Waals surface area (Å²) in [6.45, 7) is 9.39. The molecule has 2 aromatic rings. The lowest BCUT2D eigenvalue weighted by molar-refractivity contribution is -0.145. The molecule has 0 radical (unpaired) electrons. The van der Waals surface area contributed by atoms with Crippen molar-refractivity contribution >= 4 is 17.5 Å². The largest absolute Gasteiger partial charge is 0.497 e. The fourth-order valence-electron chi connectivity index (χ4n) is 6.40. The third kappa shape index (κ3) is 8.02. The highest BCUT2D eigenvalue weighted by Crippen LogP contribution is 2.40. The zero-order chi connectivity index (χ0) is 31.9. The van der Waals surface area contributed by atoms with E-state index in [2.05, 4.69) is 28.4 Å². The number of benzene rings is 2. The number of amides is 2. The minimum absolute atomic E-state index is 0.00460. The molecule has 44 heavy (non-hydrogen) atoms. The van der Waals surface area contributed by atoms with Crippen LogP contribution >= 0.6 is 0 Å². The summed E-state index contributed by atoms with van der Waals surface area (Å²) >= 11 is 0. The molecule has 2 heterocycles. The van der Waals surface area contributed by atoms with Crippen molar-refractivity contribution < 1.29 is 28.5 Å². The maximum absolute atomic E-state index is 13.5. The van der Waals surface area contributed by atoms with E-state index >= 15 is 0 Å². The molecule has 4 atom stereocenters. The summed E-state index contributed by atoms with van der Waals surface area (Å²) < 4.78 is 23.3. The van der Waals surface area contributed by atoms with Crippen molar-refractivity contribution in [3.63, 3.8) is 0 Å². The topological polar surface area (TPSA) is 116 Å². The number of piperidine rings is 1. The zero-order valence-corrected chi connectivity index (χ0v) is 27.1. The Morgan fingerprint density at radius 3 is 2.57 bits per heavy atom. The van der Waals surface area contributed by atoms with Crippen LogP contribution in [-0.4, -0.2) is 89.0 Å². The second kappa shape index (κ2) is 15.1. The molecule has 242 valence electrons. The van der Waals surface area contributed by atoms with Crippen LogP contribution in [0.3, 0.4) is 0 Å². The maximum atomic E-state index is 13.5. The predicted octanol–water partition coefficient (Wildman–Crippen LogP) is 3.71. The van der Waals surface area contributed by atoms with Crippen LogP contribution in [0.2, 0.25) is 0 Å². The molecule has 0 bridgehead atoms. The first-order valence-electron chi connectivity index (χ1n) is 15.6. The average Bonchev–Trinajstić information content (AvgIpc) is 3.03. The first-order valence-corrected chi connectivity index (χ1v) is 15.6. The molecule has 2 aliphatic rings. The summed E-state index contributed by atoms with van der Waals surface area (Å²) in [5.74, 6) is 1.45. The number of hydrogen-bond acceptors (Lipinski definition) is 8. The lowest BCUT2D eigenvalue weighted by Crippen LogP contribution is -2.57. The normalized spacial score (nSPS) is 20.8. The molecule has 2 amide bonds. The number of ether oxygens (including phenoxy) is 4. The SMILES string of the molecule is CNC(=O)C(C)(C)C[C@H]1C[C@H](c2ccc(OC)cc2)[C@@H](OCc2ccc3c(c2)N(CCCOC)CCO3)CN1C(=O)[C@H](C)N. The molecule has 0 unspecified atom stereocenters. The van der Waals surface area contributed by atoms with Crippen molar-refractivity contribution in [3.8, 4) is 11.5 Å². The molecule has 10 heteroatoms. The molecular weight excluding hydrogens is 560 g/mol. The number of rotatable bonds is 13. The van der Waals surface area contributed by atoms with Crippen LogP contribution in [0, 0.1) is 5.41 Å². The van der Waals surface area contributed by atoms with Crippen LogP contribution in [0.1, 0.15) is 57.1 Å². The Morgan fingerprint density at radius 1 is 1.16 bits per heavy atom. The standard InChI is InChI=1S/C34H50N4O6/c1-23(35)32(39)38-21-31(44-22-24-8-13-30-29(18-24)37(15-17-43-30)14-7-16-41-5)28(25-9-11-27(42-6)12-10-25)19-26(38)20-34(2,3)33(40)36-4/h8-13,18,23,26,28,31H,7,14-17,19-22,35H2,1-6H3,(H,36,40)/t23-,26+,28+,31-/m0/s1. The summed E-state index contributed by atoms with van der Waals surface area (Å²) in [4.78, 5) is 30.4. The Labute approximate surface area is 262 Å². The van der Waals surface area contributed by atoms with E-state index in [1.807, 2.05) is 43.0 Å². The lowest BCUT2D eigenvalue weighted by atomic mass is 9.76. The number of nitrogens with two attached hydrogens (primary N) is 1. The van der Waals surface area contributed by atoms with Gasteiger partial charge in [-0.15, -0.1) is 0 Å². The Bertz CT molecular complexity index is 1250. The number of anilines is 1. The zero-order valence-electron chi connectivity index (χ0n) is 27.1. The number of nitrogens with one attached hydrogen (secondary N) is 1. The van der Waals surface area contributed by atoms with E-state index in [9.17, 15) is 9.59 Å². The Kier molecular flexibility index (Phi) is 11.5. The Balaban J connectivity index is 1.61. The van der Waals surface area contributed by atoms with E-state index in [0.717, 1.165) is 47.8 Å². The van der Waals surface area contributed by atoms with Gasteiger partial charge in [0, 0.05) is 51.2 Å². The van der Waals surface area contributed by atoms with E-state index in [4.69, 9.17) is 24.7 Å². The van der Waals surface area contributed by atoms with E-state index < -0.39 is 11.5 Å². The monoisotopic (exact) mass is 610 g/mol. The molecule has 1 saturated heterocycles. The Morgan fingerprint density at radius 2 is 1.91 bits per heavy atom. The molecule has 2 aromatic carbocycles. The number of methoxy groups -OCH3 is 2. The van der Waals surface area contributed by atoms with Gasteiger partial charge in [-0.2, -0.15) is 0 Å². The molecule has 0 aromatic heterocycles. The van der Waals surface area contributed by atoms with Crippen LogP contribution in [0.15, 0.2) is 42.5 Å². The van der Waals surface area contributed by atoms with Crippen molar-refractivity contribution in [1.82, 2.24) is 10.2 Å². The van der Waals surface area contributed by atoms with Gasteiger partial charge < -0.3 is 39.8 Å². The molecule has 1 fully saturated rings. The van der Waals surface area contributed by atoms with Gasteiger partial charge in [0.15, 0.2) is 0 Å². The number of fused-ring (bicyclic) bond motifs is 1. The van der Waals surface area contributed by atoms with Gasteiger partial charge in [-0.25, -0.2) is 0 Å². The molecule has 0 spiro atoms. The predicted molar refractivity (Wildman–Crippen MR) is 171 cm³/mol. The van der Waals surface area contributed by atoms with Crippen molar-refractivity contribution in [2.45, 2.75) is 70.7 Å².